The zero-order chi connectivity index (χ0) is 20.4. The molecular weight excluding hydrogens is 378 g/mol. The Hall–Kier alpha value is -3.69. The van der Waals surface area contributed by atoms with Crippen LogP contribution in [0.15, 0.2) is 21.7 Å². The first kappa shape index (κ1) is 17.4. The fourth-order valence-corrected chi connectivity index (χ4v) is 3.80. The first-order chi connectivity index (χ1) is 13.9. The molecule has 0 fully saturated rings. The van der Waals surface area contributed by atoms with Gasteiger partial charge in [0.15, 0.2) is 22.8 Å². The van der Waals surface area contributed by atoms with Gasteiger partial charge in [-0.2, -0.15) is 0 Å². The van der Waals surface area contributed by atoms with E-state index in [-0.39, 0.29) is 24.1 Å². The summed E-state index contributed by atoms with van der Waals surface area (Å²) >= 11 is 0. The van der Waals surface area contributed by atoms with Gasteiger partial charge in [0.05, 0.1) is 18.0 Å². The van der Waals surface area contributed by atoms with Crippen molar-refractivity contribution in [2.24, 2.45) is 7.05 Å². The van der Waals surface area contributed by atoms with Crippen LogP contribution in [0.2, 0.25) is 0 Å². The van der Waals surface area contributed by atoms with E-state index in [2.05, 4.69) is 15.1 Å². The third kappa shape index (κ3) is 2.31. The number of hydrogen-bond donors (Lipinski definition) is 2. The summed E-state index contributed by atoms with van der Waals surface area (Å²) in [5.74, 6) is 1.50. The Bertz CT molecular complexity index is 1400. The summed E-state index contributed by atoms with van der Waals surface area (Å²) in [6.45, 7) is 3.97. The number of ether oxygens (including phenoxy) is 3. The minimum absolute atomic E-state index is 0.0280. The monoisotopic (exact) mass is 397 g/mol. The van der Waals surface area contributed by atoms with Gasteiger partial charge >= 0.3 is 5.69 Å². The van der Waals surface area contributed by atoms with Crippen LogP contribution in [0.4, 0.5) is 0 Å². The second-order valence-corrected chi connectivity index (χ2v) is 7.19. The normalized spacial score (nSPS) is 13.1. The zero-order valence-corrected chi connectivity index (χ0v) is 16.3. The van der Waals surface area contributed by atoms with Crippen molar-refractivity contribution < 1.29 is 14.2 Å². The summed E-state index contributed by atoms with van der Waals surface area (Å²) in [6, 6.07) is 3.52. The number of nitrogens with zero attached hydrogens (tertiary/aromatic N) is 3. The van der Waals surface area contributed by atoms with E-state index >= 15 is 0 Å². The Morgan fingerprint density at radius 3 is 2.76 bits per heavy atom. The Labute approximate surface area is 163 Å². The van der Waals surface area contributed by atoms with Crippen LogP contribution in [0.5, 0.6) is 17.2 Å². The number of H-pyrrole nitrogens is 2. The average Bonchev–Trinajstić information content (AvgIpc) is 3.37. The van der Waals surface area contributed by atoms with E-state index in [0.717, 1.165) is 0 Å². The molecule has 1 aliphatic heterocycles. The van der Waals surface area contributed by atoms with Crippen LogP contribution < -0.4 is 25.5 Å². The fraction of sp³-hybridized carbons (Fsp3) is 0.316. The number of aryl methyl sites for hydroxylation is 1. The molecule has 3 aromatic heterocycles. The summed E-state index contributed by atoms with van der Waals surface area (Å²) < 4.78 is 19.6. The number of aromatic amines is 2. The van der Waals surface area contributed by atoms with Crippen molar-refractivity contribution in [1.82, 2.24) is 24.3 Å². The summed E-state index contributed by atoms with van der Waals surface area (Å²) in [7, 11) is 3.17. The number of fused-ring (bicyclic) bond motifs is 3. The molecule has 0 aliphatic carbocycles. The van der Waals surface area contributed by atoms with Crippen molar-refractivity contribution in [3.63, 3.8) is 0 Å². The third-order valence-corrected chi connectivity index (χ3v) is 5.16. The van der Waals surface area contributed by atoms with E-state index in [4.69, 9.17) is 14.2 Å². The predicted octanol–water partition coefficient (Wildman–Crippen LogP) is 1.89. The molecule has 0 unspecified atom stereocenters. The molecule has 150 valence electrons. The van der Waals surface area contributed by atoms with Gasteiger partial charge in [0, 0.05) is 18.7 Å². The van der Waals surface area contributed by atoms with Gasteiger partial charge in [0.2, 0.25) is 12.5 Å². The Kier molecular flexibility index (Phi) is 3.54. The SMILES string of the molecule is COc1cc(-c2c3c(=O)[nH]n(C(C)C)c3nc3[nH]c(=O)n(C)c23)cc2c1OCO2. The fourth-order valence-electron chi connectivity index (χ4n) is 3.80. The molecule has 4 aromatic rings. The standard InChI is InChI=1S/C19H19N5O5/c1-8(2)24-17-13(18(25)22-24)12(14-16(20-17)21-19(26)23(14)3)9-5-10(27-4)15-11(6-9)28-7-29-15/h5-6,8H,7H2,1-4H3,(H,22,25)(H,20,21,26). The first-order valence-corrected chi connectivity index (χ1v) is 9.11. The molecule has 0 amide bonds. The predicted molar refractivity (Wildman–Crippen MR) is 106 cm³/mol. The molecule has 1 aliphatic rings. The van der Waals surface area contributed by atoms with E-state index in [1.165, 1.54) is 11.7 Å². The molecule has 29 heavy (non-hydrogen) atoms. The summed E-state index contributed by atoms with van der Waals surface area (Å²) in [6.07, 6.45) is 0. The van der Waals surface area contributed by atoms with Crippen LogP contribution in [0, 0.1) is 0 Å². The summed E-state index contributed by atoms with van der Waals surface area (Å²) in [5.41, 5.74) is 2.00. The molecular formula is C19H19N5O5. The second kappa shape index (κ2) is 5.90. The Morgan fingerprint density at radius 2 is 2.03 bits per heavy atom. The van der Waals surface area contributed by atoms with Crippen LogP contribution in [0.3, 0.4) is 0 Å². The molecule has 4 heterocycles. The van der Waals surface area contributed by atoms with E-state index in [1.807, 2.05) is 13.8 Å². The number of aromatic nitrogens is 5. The number of pyridine rings is 1. The molecule has 5 rings (SSSR count). The third-order valence-electron chi connectivity index (χ3n) is 5.16. The maximum absolute atomic E-state index is 12.9. The zero-order valence-electron chi connectivity index (χ0n) is 16.3. The van der Waals surface area contributed by atoms with Crippen LogP contribution in [-0.2, 0) is 7.05 Å². The molecule has 0 saturated carbocycles. The largest absolute Gasteiger partial charge is 0.493 e. The van der Waals surface area contributed by atoms with Gasteiger partial charge in [-0.3, -0.25) is 24.1 Å². The number of methoxy groups -OCH3 is 1. The van der Waals surface area contributed by atoms with Gasteiger partial charge in [-0.05, 0) is 31.5 Å². The topological polar surface area (TPSA) is 116 Å². The van der Waals surface area contributed by atoms with Crippen LogP contribution in [0.1, 0.15) is 19.9 Å². The number of hydrogen-bond acceptors (Lipinski definition) is 6. The van der Waals surface area contributed by atoms with E-state index in [9.17, 15) is 9.59 Å². The van der Waals surface area contributed by atoms with Crippen molar-refractivity contribution in [3.05, 3.63) is 33.0 Å². The van der Waals surface area contributed by atoms with E-state index in [1.54, 1.807) is 23.9 Å². The minimum atomic E-state index is -0.318. The molecule has 10 nitrogen and oxygen atoms in total. The minimum Gasteiger partial charge on any atom is -0.493 e. The highest BCUT2D eigenvalue weighted by Gasteiger charge is 2.26. The molecule has 1 aromatic carbocycles. The average molecular weight is 397 g/mol. The van der Waals surface area contributed by atoms with Gasteiger partial charge in [-0.25, -0.2) is 9.78 Å². The number of rotatable bonds is 3. The lowest BCUT2D eigenvalue weighted by Gasteiger charge is -2.12. The molecule has 0 radical (unpaired) electrons. The summed E-state index contributed by atoms with van der Waals surface area (Å²) in [4.78, 5) is 32.6. The lowest BCUT2D eigenvalue weighted by molar-refractivity contribution is 0.171. The van der Waals surface area contributed by atoms with Crippen molar-refractivity contribution in [2.75, 3.05) is 13.9 Å². The number of benzene rings is 1. The molecule has 0 atom stereocenters. The van der Waals surface area contributed by atoms with Crippen molar-refractivity contribution in [1.29, 1.82) is 0 Å². The first-order valence-electron chi connectivity index (χ1n) is 9.11. The quantitative estimate of drug-likeness (QED) is 0.545. The highest BCUT2D eigenvalue weighted by atomic mass is 16.7. The molecule has 0 spiro atoms. The highest BCUT2D eigenvalue weighted by Crippen LogP contribution is 2.46. The van der Waals surface area contributed by atoms with Crippen LogP contribution in [-0.4, -0.2) is 38.2 Å². The molecule has 0 bridgehead atoms. The maximum atomic E-state index is 12.9. The van der Waals surface area contributed by atoms with Crippen LogP contribution in [0.25, 0.3) is 33.3 Å². The summed E-state index contributed by atoms with van der Waals surface area (Å²) in [5, 5.41) is 3.24. The van der Waals surface area contributed by atoms with Crippen LogP contribution >= 0.6 is 0 Å². The Morgan fingerprint density at radius 1 is 1.24 bits per heavy atom. The van der Waals surface area contributed by atoms with Crippen molar-refractivity contribution >= 4 is 22.2 Å². The Balaban J connectivity index is 1.99. The lowest BCUT2D eigenvalue weighted by Crippen LogP contribution is -2.12. The maximum Gasteiger partial charge on any atom is 0.327 e. The lowest BCUT2D eigenvalue weighted by atomic mass is 10.0. The molecule has 2 N–H and O–H groups in total. The van der Waals surface area contributed by atoms with Crippen molar-refractivity contribution in [2.45, 2.75) is 19.9 Å². The van der Waals surface area contributed by atoms with Crippen molar-refractivity contribution in [3.8, 4) is 28.4 Å². The van der Waals surface area contributed by atoms with E-state index < -0.39 is 0 Å². The molecule has 10 heteroatoms. The number of imidazole rings is 1. The number of nitrogens with one attached hydrogen (secondary N) is 2. The van der Waals surface area contributed by atoms with Gasteiger partial charge in [-0.15, -0.1) is 0 Å². The van der Waals surface area contributed by atoms with E-state index in [0.29, 0.717) is 50.6 Å². The smallest absolute Gasteiger partial charge is 0.327 e. The second-order valence-electron chi connectivity index (χ2n) is 7.19. The van der Waals surface area contributed by atoms with Gasteiger partial charge in [0.25, 0.3) is 5.56 Å². The van der Waals surface area contributed by atoms with Gasteiger partial charge in [0.1, 0.15) is 0 Å². The molecule has 0 saturated heterocycles. The van der Waals surface area contributed by atoms with Gasteiger partial charge < -0.3 is 14.2 Å². The van der Waals surface area contributed by atoms with Gasteiger partial charge in [-0.1, -0.05) is 0 Å². The highest BCUT2D eigenvalue weighted by molar-refractivity contribution is 6.06.